The maximum absolute atomic E-state index is 12.4. The van der Waals surface area contributed by atoms with Crippen LogP contribution in [0.25, 0.3) is 0 Å². The van der Waals surface area contributed by atoms with Gasteiger partial charge in [-0.25, -0.2) is 0 Å². The lowest BCUT2D eigenvalue weighted by molar-refractivity contribution is -0.137. The molecule has 0 aromatic heterocycles. The van der Waals surface area contributed by atoms with Crippen LogP contribution >= 0.6 is 0 Å². The molecule has 3 nitrogen and oxygen atoms in total. The molecule has 1 saturated carbocycles. The molecular weight excluding hydrogens is 269 g/mol. The van der Waals surface area contributed by atoms with Gasteiger partial charge in [-0.15, -0.1) is 0 Å². The lowest BCUT2D eigenvalue weighted by Gasteiger charge is -2.58. The number of carbonyl (C=O) groups is 1. The van der Waals surface area contributed by atoms with Crippen molar-refractivity contribution in [2.24, 2.45) is 11.1 Å². The van der Waals surface area contributed by atoms with E-state index in [0.29, 0.717) is 18.7 Å². The minimum Gasteiger partial charge on any atom is -0.337 e. The highest BCUT2D eigenvalue weighted by Gasteiger charge is 2.52. The molecule has 1 spiro atoms. The fourth-order valence-corrected chi connectivity index (χ4v) is 3.20. The molecule has 3 rings (SSSR count). The van der Waals surface area contributed by atoms with Crippen LogP contribution < -0.4 is 5.73 Å². The van der Waals surface area contributed by atoms with Gasteiger partial charge in [0.2, 0.25) is 0 Å². The molecule has 0 atom stereocenters. The Morgan fingerprint density at radius 1 is 1.20 bits per heavy atom. The lowest BCUT2D eigenvalue weighted by Crippen LogP contribution is -2.66. The molecule has 1 heterocycles. The summed E-state index contributed by atoms with van der Waals surface area (Å²) in [6.07, 6.45) is -2.50. The van der Waals surface area contributed by atoms with E-state index in [4.69, 9.17) is 5.73 Å². The van der Waals surface area contributed by atoms with Crippen molar-refractivity contribution in [1.82, 2.24) is 4.90 Å². The first-order valence-electron chi connectivity index (χ1n) is 6.51. The quantitative estimate of drug-likeness (QED) is 0.860. The second kappa shape index (κ2) is 4.22. The zero-order valence-corrected chi connectivity index (χ0v) is 10.8. The van der Waals surface area contributed by atoms with Gasteiger partial charge in [-0.1, -0.05) is 0 Å². The average molecular weight is 284 g/mol. The summed E-state index contributed by atoms with van der Waals surface area (Å²) in [5, 5.41) is 0. The van der Waals surface area contributed by atoms with E-state index in [9.17, 15) is 18.0 Å². The zero-order chi connectivity index (χ0) is 14.5. The topological polar surface area (TPSA) is 46.3 Å². The number of hydrogen-bond acceptors (Lipinski definition) is 2. The van der Waals surface area contributed by atoms with Crippen LogP contribution in [0, 0.1) is 5.41 Å². The molecule has 1 aromatic carbocycles. The van der Waals surface area contributed by atoms with E-state index in [1.54, 1.807) is 4.90 Å². The number of amides is 1. The summed E-state index contributed by atoms with van der Waals surface area (Å²) in [6, 6.07) is 4.61. The SMILES string of the molecule is NC1CC2(C1)CN(C(=O)c1ccc(C(F)(F)F)cc1)C2. The van der Waals surface area contributed by atoms with Crippen LogP contribution in [0.15, 0.2) is 24.3 Å². The van der Waals surface area contributed by atoms with Gasteiger partial charge in [0.1, 0.15) is 0 Å². The van der Waals surface area contributed by atoms with Gasteiger partial charge in [-0.2, -0.15) is 13.2 Å². The van der Waals surface area contributed by atoms with E-state index in [1.807, 2.05) is 0 Å². The molecule has 1 aliphatic heterocycles. The van der Waals surface area contributed by atoms with Crippen LogP contribution in [0.5, 0.6) is 0 Å². The van der Waals surface area contributed by atoms with Gasteiger partial charge in [-0.05, 0) is 37.1 Å². The van der Waals surface area contributed by atoms with Gasteiger partial charge in [0.25, 0.3) is 5.91 Å². The van der Waals surface area contributed by atoms with Gasteiger partial charge in [0, 0.05) is 30.1 Å². The molecular formula is C14H15F3N2O. The van der Waals surface area contributed by atoms with Crippen LogP contribution in [0.1, 0.15) is 28.8 Å². The van der Waals surface area contributed by atoms with Gasteiger partial charge in [0.15, 0.2) is 0 Å². The van der Waals surface area contributed by atoms with Crippen molar-refractivity contribution in [3.63, 3.8) is 0 Å². The molecule has 1 saturated heterocycles. The summed E-state index contributed by atoms with van der Waals surface area (Å²) in [4.78, 5) is 13.8. The number of nitrogens with zero attached hydrogens (tertiary/aromatic N) is 1. The Bertz CT molecular complexity index is 524. The van der Waals surface area contributed by atoms with Crippen LogP contribution in [0.3, 0.4) is 0 Å². The predicted molar refractivity (Wildman–Crippen MR) is 67.0 cm³/mol. The summed E-state index contributed by atoms with van der Waals surface area (Å²) >= 11 is 0. The highest BCUT2D eigenvalue weighted by Crippen LogP contribution is 2.47. The molecule has 2 fully saturated rings. The van der Waals surface area contributed by atoms with Gasteiger partial charge >= 0.3 is 6.18 Å². The summed E-state index contributed by atoms with van der Waals surface area (Å²) < 4.78 is 37.3. The van der Waals surface area contributed by atoms with E-state index in [0.717, 1.165) is 25.0 Å². The van der Waals surface area contributed by atoms with E-state index < -0.39 is 11.7 Å². The fourth-order valence-electron chi connectivity index (χ4n) is 3.20. The largest absolute Gasteiger partial charge is 0.416 e. The van der Waals surface area contributed by atoms with E-state index >= 15 is 0 Å². The molecule has 1 aromatic rings. The molecule has 2 N–H and O–H groups in total. The average Bonchev–Trinajstić information content (AvgIpc) is 2.30. The van der Waals surface area contributed by atoms with Crippen molar-refractivity contribution >= 4 is 5.91 Å². The van der Waals surface area contributed by atoms with Crippen molar-refractivity contribution in [3.05, 3.63) is 35.4 Å². The minimum absolute atomic E-state index is 0.182. The Labute approximate surface area is 114 Å². The van der Waals surface area contributed by atoms with Crippen molar-refractivity contribution < 1.29 is 18.0 Å². The Morgan fingerprint density at radius 2 is 1.75 bits per heavy atom. The normalized spacial score (nSPS) is 21.5. The van der Waals surface area contributed by atoms with Gasteiger partial charge in [-0.3, -0.25) is 4.79 Å². The number of halogens is 3. The van der Waals surface area contributed by atoms with Crippen molar-refractivity contribution in [3.8, 4) is 0 Å². The standard InChI is InChI=1S/C14H15F3N2O/c15-14(16,17)10-3-1-9(2-4-10)12(20)19-7-13(8-19)5-11(18)6-13/h1-4,11H,5-8,18H2. The third-order valence-electron chi connectivity index (χ3n) is 4.19. The summed E-state index contributed by atoms with van der Waals surface area (Å²) in [7, 11) is 0. The maximum Gasteiger partial charge on any atom is 0.416 e. The third-order valence-corrected chi connectivity index (χ3v) is 4.19. The number of benzene rings is 1. The van der Waals surface area contributed by atoms with Gasteiger partial charge < -0.3 is 10.6 Å². The van der Waals surface area contributed by atoms with Crippen LogP contribution in [0.4, 0.5) is 13.2 Å². The van der Waals surface area contributed by atoms with Gasteiger partial charge in [0.05, 0.1) is 5.56 Å². The van der Waals surface area contributed by atoms with Crippen LogP contribution in [-0.2, 0) is 6.18 Å². The first kappa shape index (κ1) is 13.4. The summed E-state index contributed by atoms with van der Waals surface area (Å²) in [6.45, 7) is 1.33. The molecule has 6 heteroatoms. The third kappa shape index (κ3) is 2.18. The summed E-state index contributed by atoms with van der Waals surface area (Å²) in [5.74, 6) is -0.204. The van der Waals surface area contributed by atoms with E-state index in [-0.39, 0.29) is 17.4 Å². The molecule has 0 bridgehead atoms. The first-order valence-corrected chi connectivity index (χ1v) is 6.51. The summed E-state index contributed by atoms with van der Waals surface area (Å²) in [5.41, 5.74) is 5.49. The lowest BCUT2D eigenvalue weighted by atomic mass is 9.61. The minimum atomic E-state index is -4.37. The van der Waals surface area contributed by atoms with Crippen LogP contribution in [0.2, 0.25) is 0 Å². The molecule has 0 radical (unpaired) electrons. The number of hydrogen-bond donors (Lipinski definition) is 1. The smallest absolute Gasteiger partial charge is 0.337 e. The van der Waals surface area contributed by atoms with Crippen molar-refractivity contribution in [1.29, 1.82) is 0 Å². The molecule has 1 amide bonds. The fraction of sp³-hybridized carbons (Fsp3) is 0.500. The predicted octanol–water partition coefficient (Wildman–Crippen LogP) is 2.27. The van der Waals surface area contributed by atoms with Crippen molar-refractivity contribution in [2.75, 3.05) is 13.1 Å². The van der Waals surface area contributed by atoms with Crippen molar-refractivity contribution in [2.45, 2.75) is 25.1 Å². The number of carbonyl (C=O) groups excluding carboxylic acids is 1. The molecule has 1 aliphatic carbocycles. The number of likely N-dealkylation sites (tertiary alicyclic amines) is 1. The maximum atomic E-state index is 12.4. The molecule has 0 unspecified atom stereocenters. The van der Waals surface area contributed by atoms with E-state index in [1.165, 1.54) is 12.1 Å². The van der Waals surface area contributed by atoms with E-state index in [2.05, 4.69) is 0 Å². The molecule has 2 aliphatic rings. The first-order chi connectivity index (χ1) is 9.29. The number of nitrogens with two attached hydrogens (primary N) is 1. The second-order valence-electron chi connectivity index (χ2n) is 5.90. The monoisotopic (exact) mass is 284 g/mol. The Balaban J connectivity index is 1.64. The Morgan fingerprint density at radius 3 is 2.20 bits per heavy atom. The number of alkyl halides is 3. The highest BCUT2D eigenvalue weighted by atomic mass is 19.4. The van der Waals surface area contributed by atoms with Crippen LogP contribution in [-0.4, -0.2) is 29.9 Å². The second-order valence-corrected chi connectivity index (χ2v) is 5.90. The molecule has 20 heavy (non-hydrogen) atoms. The zero-order valence-electron chi connectivity index (χ0n) is 10.8. The highest BCUT2D eigenvalue weighted by molar-refractivity contribution is 5.95. The Kier molecular flexibility index (Phi) is 2.83. The molecule has 108 valence electrons. The number of rotatable bonds is 1. The Hall–Kier alpha value is -1.56.